The van der Waals surface area contributed by atoms with E-state index in [1.54, 1.807) is 4.68 Å². The maximum absolute atomic E-state index is 5.61. The number of anilines is 1. The lowest BCUT2D eigenvalue weighted by Crippen LogP contribution is -2.15. The molecule has 1 aliphatic rings. The van der Waals surface area contributed by atoms with Crippen molar-refractivity contribution in [2.75, 3.05) is 18.9 Å². The van der Waals surface area contributed by atoms with Gasteiger partial charge >= 0.3 is 0 Å². The largest absolute Gasteiger partial charge is 0.382 e. The van der Waals surface area contributed by atoms with Crippen molar-refractivity contribution < 1.29 is 9.47 Å². The van der Waals surface area contributed by atoms with Gasteiger partial charge in [0.05, 0.1) is 12.7 Å². The second-order valence-corrected chi connectivity index (χ2v) is 3.52. The lowest BCUT2D eigenvalue weighted by atomic mass is 10.3. The molecule has 1 atom stereocenters. The van der Waals surface area contributed by atoms with Gasteiger partial charge in [0.25, 0.3) is 0 Å². The molecule has 78 valence electrons. The van der Waals surface area contributed by atoms with Crippen LogP contribution in [-0.2, 0) is 16.2 Å². The lowest BCUT2D eigenvalue weighted by Gasteiger charge is -2.08. The predicted molar refractivity (Wildman–Crippen MR) is 51.7 cm³/mol. The van der Waals surface area contributed by atoms with Crippen LogP contribution in [0, 0.1) is 6.92 Å². The number of hydrogen-bond acceptors (Lipinski definition) is 4. The van der Waals surface area contributed by atoms with Crippen molar-refractivity contribution in [3.8, 4) is 0 Å². The highest BCUT2D eigenvalue weighted by molar-refractivity contribution is 5.35. The Morgan fingerprint density at radius 2 is 2.64 bits per heavy atom. The van der Waals surface area contributed by atoms with Crippen molar-refractivity contribution in [1.82, 2.24) is 9.78 Å². The number of rotatable bonds is 3. The monoisotopic (exact) mass is 197 g/mol. The Morgan fingerprint density at radius 3 is 3.21 bits per heavy atom. The first-order valence-corrected chi connectivity index (χ1v) is 4.74. The second kappa shape index (κ2) is 3.98. The number of nitrogens with two attached hydrogens (primary N) is 1. The summed E-state index contributed by atoms with van der Waals surface area (Å²) in [6.45, 7) is 3.87. The topological polar surface area (TPSA) is 62.3 Å². The zero-order valence-electron chi connectivity index (χ0n) is 8.27. The van der Waals surface area contributed by atoms with Gasteiger partial charge in [-0.2, -0.15) is 5.10 Å². The first-order valence-electron chi connectivity index (χ1n) is 4.74. The summed E-state index contributed by atoms with van der Waals surface area (Å²) in [7, 11) is 0. The molecular formula is C9H15N3O2. The van der Waals surface area contributed by atoms with Gasteiger partial charge in [-0.1, -0.05) is 0 Å². The highest BCUT2D eigenvalue weighted by atomic mass is 16.5. The third-order valence-electron chi connectivity index (χ3n) is 2.31. The van der Waals surface area contributed by atoms with E-state index >= 15 is 0 Å². The van der Waals surface area contributed by atoms with Gasteiger partial charge in [-0.25, -0.2) is 4.68 Å². The summed E-state index contributed by atoms with van der Waals surface area (Å²) in [6, 6.07) is 0. The van der Waals surface area contributed by atoms with Gasteiger partial charge in [0, 0.05) is 18.4 Å². The normalized spacial score (nSPS) is 21.6. The minimum Gasteiger partial charge on any atom is -0.382 e. The van der Waals surface area contributed by atoms with Crippen LogP contribution in [0.2, 0.25) is 0 Å². The van der Waals surface area contributed by atoms with Gasteiger partial charge in [-0.05, 0) is 13.3 Å². The fourth-order valence-corrected chi connectivity index (χ4v) is 1.43. The number of aromatic nitrogens is 2. The summed E-state index contributed by atoms with van der Waals surface area (Å²) in [4.78, 5) is 0. The van der Waals surface area contributed by atoms with Crippen LogP contribution in [0.5, 0.6) is 0 Å². The number of aryl methyl sites for hydroxylation is 1. The first kappa shape index (κ1) is 9.48. The lowest BCUT2D eigenvalue weighted by molar-refractivity contribution is -0.00328. The summed E-state index contributed by atoms with van der Waals surface area (Å²) in [5.41, 5.74) is 6.59. The van der Waals surface area contributed by atoms with Gasteiger partial charge in [0.1, 0.15) is 12.5 Å². The van der Waals surface area contributed by atoms with E-state index in [1.807, 2.05) is 13.1 Å². The van der Waals surface area contributed by atoms with Crippen LogP contribution < -0.4 is 5.73 Å². The molecule has 1 aromatic rings. The minimum atomic E-state index is 0.209. The molecule has 0 saturated carbocycles. The summed E-state index contributed by atoms with van der Waals surface area (Å²) < 4.78 is 12.5. The Labute approximate surface area is 82.8 Å². The van der Waals surface area contributed by atoms with E-state index in [0.29, 0.717) is 19.2 Å². The molecule has 1 aromatic heterocycles. The maximum Gasteiger partial charge on any atom is 0.148 e. The zero-order chi connectivity index (χ0) is 9.97. The Kier molecular flexibility index (Phi) is 2.69. The molecule has 5 nitrogen and oxygen atoms in total. The van der Waals surface area contributed by atoms with Crippen molar-refractivity contribution in [3.63, 3.8) is 0 Å². The standard InChI is InChI=1S/C9H15N3O2/c1-7-4-12(11-9(7)10)6-14-8-2-3-13-5-8/h4,8H,2-3,5-6H2,1H3,(H2,10,11). The van der Waals surface area contributed by atoms with Crippen LogP contribution in [0.3, 0.4) is 0 Å². The van der Waals surface area contributed by atoms with E-state index in [9.17, 15) is 0 Å². The molecule has 0 aliphatic carbocycles. The fraction of sp³-hybridized carbons (Fsp3) is 0.667. The van der Waals surface area contributed by atoms with Crippen molar-refractivity contribution in [3.05, 3.63) is 11.8 Å². The van der Waals surface area contributed by atoms with Gasteiger partial charge in [0.15, 0.2) is 0 Å². The molecule has 5 heteroatoms. The van der Waals surface area contributed by atoms with Crippen LogP contribution >= 0.6 is 0 Å². The van der Waals surface area contributed by atoms with E-state index in [2.05, 4.69) is 5.10 Å². The van der Waals surface area contributed by atoms with Crippen LogP contribution in [0.4, 0.5) is 5.82 Å². The van der Waals surface area contributed by atoms with Gasteiger partial charge in [-0.3, -0.25) is 0 Å². The van der Waals surface area contributed by atoms with Crippen LogP contribution in [0.15, 0.2) is 6.20 Å². The molecule has 0 aromatic carbocycles. The van der Waals surface area contributed by atoms with Crippen LogP contribution in [0.25, 0.3) is 0 Å². The van der Waals surface area contributed by atoms with Crippen molar-refractivity contribution >= 4 is 5.82 Å². The molecule has 0 bridgehead atoms. The Hall–Kier alpha value is -1.07. The molecule has 1 fully saturated rings. The molecule has 1 aliphatic heterocycles. The highest BCUT2D eigenvalue weighted by Gasteiger charge is 2.16. The average molecular weight is 197 g/mol. The molecule has 2 heterocycles. The fourth-order valence-electron chi connectivity index (χ4n) is 1.43. The Bertz CT molecular complexity index is 286. The summed E-state index contributed by atoms with van der Waals surface area (Å²) in [6.07, 6.45) is 3.06. The van der Waals surface area contributed by atoms with E-state index < -0.39 is 0 Å². The van der Waals surface area contributed by atoms with E-state index in [1.165, 1.54) is 0 Å². The number of ether oxygens (including phenoxy) is 2. The average Bonchev–Trinajstić information content (AvgIpc) is 2.74. The Balaban J connectivity index is 1.85. The van der Waals surface area contributed by atoms with E-state index in [0.717, 1.165) is 18.6 Å². The van der Waals surface area contributed by atoms with Crippen molar-refractivity contribution in [1.29, 1.82) is 0 Å². The van der Waals surface area contributed by atoms with Crippen LogP contribution in [-0.4, -0.2) is 29.1 Å². The van der Waals surface area contributed by atoms with Crippen LogP contribution in [0.1, 0.15) is 12.0 Å². The summed E-state index contributed by atoms with van der Waals surface area (Å²) >= 11 is 0. The number of nitrogens with zero attached hydrogens (tertiary/aromatic N) is 2. The SMILES string of the molecule is Cc1cn(COC2CCOC2)nc1N. The molecule has 0 amide bonds. The second-order valence-electron chi connectivity index (χ2n) is 3.52. The molecule has 2 rings (SSSR count). The molecule has 14 heavy (non-hydrogen) atoms. The summed E-state index contributed by atoms with van der Waals surface area (Å²) in [5.74, 6) is 0.566. The zero-order valence-corrected chi connectivity index (χ0v) is 8.27. The molecule has 0 radical (unpaired) electrons. The number of nitrogen functional groups attached to an aromatic ring is 1. The Morgan fingerprint density at radius 1 is 1.79 bits per heavy atom. The molecule has 1 saturated heterocycles. The summed E-state index contributed by atoms with van der Waals surface area (Å²) in [5, 5.41) is 4.10. The third-order valence-corrected chi connectivity index (χ3v) is 2.31. The van der Waals surface area contributed by atoms with Crippen molar-refractivity contribution in [2.45, 2.75) is 26.2 Å². The third kappa shape index (κ3) is 2.05. The van der Waals surface area contributed by atoms with E-state index in [4.69, 9.17) is 15.2 Å². The van der Waals surface area contributed by atoms with Gasteiger partial charge in [0.2, 0.25) is 0 Å². The molecule has 1 unspecified atom stereocenters. The molecule has 2 N–H and O–H groups in total. The smallest absolute Gasteiger partial charge is 0.148 e. The first-order chi connectivity index (χ1) is 6.75. The van der Waals surface area contributed by atoms with Gasteiger partial charge in [-0.15, -0.1) is 0 Å². The molecule has 0 spiro atoms. The predicted octanol–water partition coefficient (Wildman–Crippen LogP) is 0.537. The number of hydrogen-bond donors (Lipinski definition) is 1. The molecular weight excluding hydrogens is 182 g/mol. The minimum absolute atomic E-state index is 0.209. The van der Waals surface area contributed by atoms with E-state index in [-0.39, 0.29) is 6.10 Å². The maximum atomic E-state index is 5.61. The van der Waals surface area contributed by atoms with Crippen molar-refractivity contribution in [2.24, 2.45) is 0 Å². The highest BCUT2D eigenvalue weighted by Crippen LogP contribution is 2.10. The van der Waals surface area contributed by atoms with Gasteiger partial charge < -0.3 is 15.2 Å². The quantitative estimate of drug-likeness (QED) is 0.768.